The molecule has 0 aromatic heterocycles. The molecule has 29 heavy (non-hydrogen) atoms. The fraction of sp³-hybridized carbons (Fsp3) is 0.250. The second-order valence-electron chi connectivity index (χ2n) is 6.87. The summed E-state index contributed by atoms with van der Waals surface area (Å²) < 4.78 is 49.9. The van der Waals surface area contributed by atoms with Gasteiger partial charge < -0.3 is 5.32 Å². The summed E-state index contributed by atoms with van der Waals surface area (Å²) in [5.41, 5.74) is 3.32. The van der Waals surface area contributed by atoms with E-state index in [1.807, 2.05) is 19.1 Å². The quantitative estimate of drug-likeness (QED) is 0.687. The molecule has 0 spiro atoms. The minimum Gasteiger partial charge on any atom is -0.351 e. The first-order chi connectivity index (χ1) is 13.6. The highest BCUT2D eigenvalue weighted by Crippen LogP contribution is 2.26. The van der Waals surface area contributed by atoms with Crippen molar-refractivity contribution >= 4 is 31.8 Å². The van der Waals surface area contributed by atoms with Gasteiger partial charge in [0, 0.05) is 12.0 Å². The Morgan fingerprint density at radius 2 is 1.86 bits per heavy atom. The van der Waals surface area contributed by atoms with Gasteiger partial charge in [-0.15, -0.1) is 0 Å². The molecule has 0 aliphatic carbocycles. The van der Waals surface area contributed by atoms with Crippen molar-refractivity contribution < 1.29 is 21.6 Å². The van der Waals surface area contributed by atoms with Crippen LogP contribution in [0.1, 0.15) is 22.3 Å². The second-order valence-corrected chi connectivity index (χ2v) is 10.6. The maximum absolute atomic E-state index is 12.0. The topological polar surface area (TPSA) is 109 Å². The smallest absolute Gasteiger partial charge is 0.235 e. The number of carbonyl (C=O) groups is 1. The van der Waals surface area contributed by atoms with E-state index < -0.39 is 25.8 Å². The van der Waals surface area contributed by atoms with Gasteiger partial charge in [-0.25, -0.2) is 21.6 Å². The van der Waals surface area contributed by atoms with Gasteiger partial charge in [-0.2, -0.15) is 0 Å². The third-order valence-electron chi connectivity index (χ3n) is 4.54. The lowest BCUT2D eigenvalue weighted by Gasteiger charge is -2.07. The van der Waals surface area contributed by atoms with Crippen LogP contribution in [0.15, 0.2) is 52.8 Å². The fourth-order valence-corrected chi connectivity index (χ4v) is 5.23. The van der Waals surface area contributed by atoms with Crippen molar-refractivity contribution in [2.45, 2.75) is 24.8 Å². The van der Waals surface area contributed by atoms with Crippen LogP contribution in [-0.2, 0) is 37.6 Å². The summed E-state index contributed by atoms with van der Waals surface area (Å²) in [6.45, 7) is 1.74. The number of sulfone groups is 1. The van der Waals surface area contributed by atoms with E-state index in [9.17, 15) is 21.6 Å². The van der Waals surface area contributed by atoms with Gasteiger partial charge in [0.05, 0.1) is 17.2 Å². The zero-order chi connectivity index (χ0) is 21.1. The van der Waals surface area contributed by atoms with E-state index >= 15 is 0 Å². The Bertz CT molecular complexity index is 1150. The summed E-state index contributed by atoms with van der Waals surface area (Å²) >= 11 is 0. The third kappa shape index (κ3) is 5.75. The van der Waals surface area contributed by atoms with E-state index in [4.69, 9.17) is 0 Å². The monoisotopic (exact) mass is 434 g/mol. The predicted octanol–water partition coefficient (Wildman–Crippen LogP) is 1.53. The molecule has 0 unspecified atom stereocenters. The minimum atomic E-state index is -3.75. The maximum Gasteiger partial charge on any atom is 0.235 e. The number of hydrogen-bond donors (Lipinski definition) is 2. The van der Waals surface area contributed by atoms with Crippen molar-refractivity contribution in [1.29, 1.82) is 0 Å². The van der Waals surface area contributed by atoms with Gasteiger partial charge in [0.1, 0.15) is 0 Å². The number of amides is 1. The molecule has 0 saturated carbocycles. The standard InChI is InChI=1S/C20H22N2O5S2/c1-15-2-4-16(5-3-15)8-11-29(26,27)22-14-20(23)21-13-17-6-7-19-18(12-17)9-10-28(19,24)25/h2-8,11-12,22H,9-10,13-14H2,1H3,(H,21,23)/b11-8+. The molecule has 1 aliphatic heterocycles. The summed E-state index contributed by atoms with van der Waals surface area (Å²) in [6.07, 6.45) is 1.92. The number of carbonyl (C=O) groups excluding carboxylic acids is 1. The molecule has 7 nitrogen and oxygen atoms in total. The van der Waals surface area contributed by atoms with Crippen LogP contribution in [0.4, 0.5) is 0 Å². The van der Waals surface area contributed by atoms with Crippen molar-refractivity contribution in [1.82, 2.24) is 10.0 Å². The Labute approximate surface area is 170 Å². The molecule has 0 bridgehead atoms. The van der Waals surface area contributed by atoms with E-state index in [1.54, 1.807) is 30.3 Å². The van der Waals surface area contributed by atoms with Crippen LogP contribution < -0.4 is 10.0 Å². The first kappa shape index (κ1) is 21.2. The maximum atomic E-state index is 12.0. The van der Waals surface area contributed by atoms with E-state index in [0.717, 1.165) is 27.7 Å². The van der Waals surface area contributed by atoms with Gasteiger partial charge >= 0.3 is 0 Å². The minimum absolute atomic E-state index is 0.107. The van der Waals surface area contributed by atoms with Gasteiger partial charge in [0.25, 0.3) is 0 Å². The van der Waals surface area contributed by atoms with E-state index in [-0.39, 0.29) is 18.8 Å². The lowest BCUT2D eigenvalue weighted by Crippen LogP contribution is -2.35. The van der Waals surface area contributed by atoms with Crippen molar-refractivity contribution in [2.75, 3.05) is 12.3 Å². The van der Waals surface area contributed by atoms with Gasteiger partial charge in [-0.3, -0.25) is 4.79 Å². The lowest BCUT2D eigenvalue weighted by molar-refractivity contribution is -0.120. The van der Waals surface area contributed by atoms with Crippen molar-refractivity contribution in [3.05, 3.63) is 70.1 Å². The van der Waals surface area contributed by atoms with Crippen LogP contribution in [0.3, 0.4) is 0 Å². The van der Waals surface area contributed by atoms with E-state index in [2.05, 4.69) is 10.0 Å². The van der Waals surface area contributed by atoms with Crippen molar-refractivity contribution in [2.24, 2.45) is 0 Å². The van der Waals surface area contributed by atoms with Crippen molar-refractivity contribution in [3.8, 4) is 0 Å². The molecule has 154 valence electrons. The summed E-state index contributed by atoms with van der Waals surface area (Å²) in [5, 5.41) is 3.64. The number of rotatable bonds is 7. The summed E-state index contributed by atoms with van der Waals surface area (Å²) in [5.74, 6) is -0.374. The Morgan fingerprint density at radius 3 is 2.59 bits per heavy atom. The van der Waals surface area contributed by atoms with Crippen LogP contribution in [0.5, 0.6) is 0 Å². The molecule has 2 aromatic rings. The molecule has 0 fully saturated rings. The Balaban J connectivity index is 1.50. The van der Waals surface area contributed by atoms with Crippen LogP contribution in [0.25, 0.3) is 6.08 Å². The number of nitrogens with one attached hydrogen (secondary N) is 2. The van der Waals surface area contributed by atoms with E-state index in [1.165, 1.54) is 6.08 Å². The molecule has 0 radical (unpaired) electrons. The molecule has 0 saturated heterocycles. The summed E-state index contributed by atoms with van der Waals surface area (Å²) in [4.78, 5) is 12.3. The first-order valence-electron chi connectivity index (χ1n) is 9.00. The lowest BCUT2D eigenvalue weighted by atomic mass is 10.1. The molecule has 1 heterocycles. The highest BCUT2D eigenvalue weighted by Gasteiger charge is 2.25. The third-order valence-corrected chi connectivity index (χ3v) is 7.39. The van der Waals surface area contributed by atoms with Crippen LogP contribution in [-0.4, -0.2) is 35.0 Å². The molecule has 3 rings (SSSR count). The normalized spacial score (nSPS) is 15.3. The molecular formula is C20H22N2O5S2. The van der Waals surface area contributed by atoms with Gasteiger partial charge in [0.2, 0.25) is 15.9 Å². The van der Waals surface area contributed by atoms with Crippen molar-refractivity contribution in [3.63, 3.8) is 0 Å². The highest BCUT2D eigenvalue weighted by molar-refractivity contribution is 7.92. The van der Waals surface area contributed by atoms with Crippen LogP contribution in [0.2, 0.25) is 0 Å². The Morgan fingerprint density at radius 1 is 1.14 bits per heavy atom. The Kier molecular flexibility index (Phi) is 6.21. The number of benzene rings is 2. The largest absolute Gasteiger partial charge is 0.351 e. The van der Waals surface area contributed by atoms with Crippen LogP contribution >= 0.6 is 0 Å². The second kappa shape index (κ2) is 8.48. The predicted molar refractivity (Wildman–Crippen MR) is 111 cm³/mol. The summed E-state index contributed by atoms with van der Waals surface area (Å²) in [6, 6.07) is 12.3. The molecule has 1 aliphatic rings. The van der Waals surface area contributed by atoms with Gasteiger partial charge in [-0.1, -0.05) is 42.0 Å². The number of fused-ring (bicyclic) bond motifs is 1. The molecular weight excluding hydrogens is 412 g/mol. The highest BCUT2D eigenvalue weighted by atomic mass is 32.2. The Hall–Kier alpha value is -2.49. The zero-order valence-electron chi connectivity index (χ0n) is 15.9. The SMILES string of the molecule is Cc1ccc(/C=C/S(=O)(=O)NCC(=O)NCc2ccc3c(c2)CCS3(=O)=O)cc1. The number of sulfonamides is 1. The molecule has 2 aromatic carbocycles. The van der Waals surface area contributed by atoms with E-state index in [0.29, 0.717) is 11.3 Å². The first-order valence-corrected chi connectivity index (χ1v) is 12.2. The summed E-state index contributed by atoms with van der Waals surface area (Å²) in [7, 11) is -6.92. The molecule has 1 amide bonds. The average molecular weight is 435 g/mol. The van der Waals surface area contributed by atoms with Gasteiger partial charge in [0.15, 0.2) is 9.84 Å². The number of aryl methyl sites for hydroxylation is 2. The number of hydrogen-bond acceptors (Lipinski definition) is 5. The van der Waals surface area contributed by atoms with Gasteiger partial charge in [-0.05, 0) is 42.2 Å². The zero-order valence-corrected chi connectivity index (χ0v) is 17.5. The average Bonchev–Trinajstić information content (AvgIpc) is 2.99. The fourth-order valence-electron chi connectivity index (χ4n) is 2.92. The molecule has 9 heteroatoms. The van der Waals surface area contributed by atoms with Crippen LogP contribution in [0, 0.1) is 6.92 Å². The molecule has 2 N–H and O–H groups in total. The molecule has 0 atom stereocenters.